The first-order valence-corrected chi connectivity index (χ1v) is 4.41. The average molecular weight is 181 g/mol. The fourth-order valence-corrected chi connectivity index (χ4v) is 1.70. The molecule has 2 N–H and O–H groups in total. The summed E-state index contributed by atoms with van der Waals surface area (Å²) in [5.74, 6) is -0.184. The van der Waals surface area contributed by atoms with Crippen LogP contribution in [-0.2, 0) is 11.2 Å². The third kappa shape index (κ3) is 1.57. The van der Waals surface area contributed by atoms with Gasteiger partial charge >= 0.3 is 0 Å². The molecule has 3 heteroatoms. The van der Waals surface area contributed by atoms with E-state index in [1.165, 1.54) is 6.07 Å². The number of rotatable bonds is 1. The highest BCUT2D eigenvalue weighted by atomic mass is 19.1. The molecule has 1 aromatic rings. The van der Waals surface area contributed by atoms with Gasteiger partial charge in [-0.05, 0) is 29.7 Å². The number of ether oxygens (including phenoxy) is 1. The van der Waals surface area contributed by atoms with Crippen molar-refractivity contribution in [1.29, 1.82) is 0 Å². The van der Waals surface area contributed by atoms with Gasteiger partial charge in [0.2, 0.25) is 0 Å². The molecule has 13 heavy (non-hydrogen) atoms. The van der Waals surface area contributed by atoms with Crippen molar-refractivity contribution in [3.05, 3.63) is 35.1 Å². The van der Waals surface area contributed by atoms with E-state index in [-0.39, 0.29) is 11.9 Å². The van der Waals surface area contributed by atoms with Crippen LogP contribution in [0.2, 0.25) is 0 Å². The van der Waals surface area contributed by atoms with Gasteiger partial charge in [-0.25, -0.2) is 4.39 Å². The molecule has 0 bridgehead atoms. The lowest BCUT2D eigenvalue weighted by Crippen LogP contribution is -2.23. The Morgan fingerprint density at radius 1 is 1.54 bits per heavy atom. The van der Waals surface area contributed by atoms with Crippen molar-refractivity contribution < 1.29 is 9.13 Å². The summed E-state index contributed by atoms with van der Waals surface area (Å²) < 4.78 is 18.3. The minimum absolute atomic E-state index is 0.0515. The van der Waals surface area contributed by atoms with Crippen molar-refractivity contribution in [3.8, 4) is 0 Å². The maximum Gasteiger partial charge on any atom is 0.123 e. The standard InChI is InChI=1S/C10H12FNO/c11-8-1-2-9-7(5-8)3-4-13-10(9)6-12/h1-2,5,10H,3-4,6,12H2/t10-/m0/s1. The molecule has 0 saturated heterocycles. The van der Waals surface area contributed by atoms with Gasteiger partial charge in [0.15, 0.2) is 0 Å². The van der Waals surface area contributed by atoms with Gasteiger partial charge in [0.1, 0.15) is 5.82 Å². The lowest BCUT2D eigenvalue weighted by Gasteiger charge is -2.24. The molecule has 1 aliphatic heterocycles. The predicted molar refractivity (Wildman–Crippen MR) is 47.9 cm³/mol. The zero-order valence-corrected chi connectivity index (χ0v) is 7.29. The highest BCUT2D eigenvalue weighted by Gasteiger charge is 2.19. The third-order valence-electron chi connectivity index (χ3n) is 2.36. The van der Waals surface area contributed by atoms with Gasteiger partial charge in [0.25, 0.3) is 0 Å². The maximum absolute atomic E-state index is 12.9. The van der Waals surface area contributed by atoms with E-state index < -0.39 is 0 Å². The zero-order valence-electron chi connectivity index (χ0n) is 7.29. The molecule has 0 unspecified atom stereocenters. The summed E-state index contributed by atoms with van der Waals surface area (Å²) in [6, 6.07) is 4.79. The van der Waals surface area contributed by atoms with Gasteiger partial charge in [-0.3, -0.25) is 0 Å². The van der Waals surface area contributed by atoms with E-state index in [4.69, 9.17) is 10.5 Å². The number of nitrogens with two attached hydrogens (primary N) is 1. The Labute approximate surface area is 76.5 Å². The summed E-state index contributed by atoms with van der Waals surface area (Å²) in [5.41, 5.74) is 7.60. The number of halogens is 1. The Bertz CT molecular complexity index is 314. The Balaban J connectivity index is 2.40. The smallest absolute Gasteiger partial charge is 0.123 e. The van der Waals surface area contributed by atoms with Crippen LogP contribution in [0.5, 0.6) is 0 Å². The summed E-state index contributed by atoms with van der Waals surface area (Å²) in [6.45, 7) is 1.09. The molecule has 0 radical (unpaired) electrons. The van der Waals surface area contributed by atoms with E-state index >= 15 is 0 Å². The van der Waals surface area contributed by atoms with Crippen LogP contribution in [0.3, 0.4) is 0 Å². The van der Waals surface area contributed by atoms with Crippen LogP contribution in [0.15, 0.2) is 18.2 Å². The summed E-state index contributed by atoms with van der Waals surface area (Å²) in [4.78, 5) is 0. The summed E-state index contributed by atoms with van der Waals surface area (Å²) in [5, 5.41) is 0. The molecule has 2 rings (SSSR count). The lowest BCUT2D eigenvalue weighted by atomic mass is 9.97. The Morgan fingerprint density at radius 2 is 2.38 bits per heavy atom. The fraction of sp³-hybridized carbons (Fsp3) is 0.400. The first-order valence-electron chi connectivity index (χ1n) is 4.41. The van der Waals surface area contributed by atoms with E-state index in [1.807, 2.05) is 0 Å². The number of hydrogen-bond acceptors (Lipinski definition) is 2. The van der Waals surface area contributed by atoms with Crippen molar-refractivity contribution >= 4 is 0 Å². The summed E-state index contributed by atoms with van der Waals surface area (Å²) in [7, 11) is 0. The molecule has 70 valence electrons. The van der Waals surface area contributed by atoms with Gasteiger partial charge in [0.05, 0.1) is 12.7 Å². The molecule has 1 atom stereocenters. The molecule has 0 saturated carbocycles. The average Bonchev–Trinajstić information content (AvgIpc) is 2.16. The fourth-order valence-electron chi connectivity index (χ4n) is 1.70. The largest absolute Gasteiger partial charge is 0.372 e. The van der Waals surface area contributed by atoms with E-state index in [1.54, 1.807) is 12.1 Å². The number of fused-ring (bicyclic) bond motifs is 1. The highest BCUT2D eigenvalue weighted by Crippen LogP contribution is 2.26. The zero-order chi connectivity index (χ0) is 9.26. The molecule has 2 nitrogen and oxygen atoms in total. The van der Waals surface area contributed by atoms with Crippen LogP contribution < -0.4 is 5.73 Å². The lowest BCUT2D eigenvalue weighted by molar-refractivity contribution is 0.0483. The third-order valence-corrected chi connectivity index (χ3v) is 2.36. The van der Waals surface area contributed by atoms with Gasteiger partial charge in [-0.2, -0.15) is 0 Å². The Kier molecular flexibility index (Phi) is 2.29. The Morgan fingerprint density at radius 3 is 3.15 bits per heavy atom. The summed E-state index contributed by atoms with van der Waals surface area (Å²) in [6.07, 6.45) is 0.730. The number of benzene rings is 1. The predicted octanol–water partition coefficient (Wildman–Crippen LogP) is 1.40. The molecular weight excluding hydrogens is 169 g/mol. The molecule has 1 heterocycles. The topological polar surface area (TPSA) is 35.2 Å². The maximum atomic E-state index is 12.9. The molecule has 0 aliphatic carbocycles. The van der Waals surface area contributed by atoms with Gasteiger partial charge in [-0.1, -0.05) is 6.07 Å². The van der Waals surface area contributed by atoms with Gasteiger partial charge in [0, 0.05) is 6.54 Å². The van der Waals surface area contributed by atoms with Gasteiger partial charge < -0.3 is 10.5 Å². The molecular formula is C10H12FNO. The van der Waals surface area contributed by atoms with E-state index in [2.05, 4.69) is 0 Å². The van der Waals surface area contributed by atoms with Crippen LogP contribution >= 0.6 is 0 Å². The minimum Gasteiger partial charge on any atom is -0.372 e. The van der Waals surface area contributed by atoms with Crippen molar-refractivity contribution in [2.75, 3.05) is 13.2 Å². The first kappa shape index (κ1) is 8.66. The molecule has 0 spiro atoms. The van der Waals surface area contributed by atoms with Crippen molar-refractivity contribution in [2.24, 2.45) is 5.73 Å². The van der Waals surface area contributed by atoms with Crippen molar-refractivity contribution in [1.82, 2.24) is 0 Å². The summed E-state index contributed by atoms with van der Waals surface area (Å²) >= 11 is 0. The van der Waals surface area contributed by atoms with Gasteiger partial charge in [-0.15, -0.1) is 0 Å². The van der Waals surface area contributed by atoms with Crippen LogP contribution in [-0.4, -0.2) is 13.2 Å². The van der Waals surface area contributed by atoms with Crippen LogP contribution in [0.4, 0.5) is 4.39 Å². The second kappa shape index (κ2) is 3.44. The van der Waals surface area contributed by atoms with E-state index in [0.29, 0.717) is 13.2 Å². The second-order valence-corrected chi connectivity index (χ2v) is 3.19. The van der Waals surface area contributed by atoms with Crippen LogP contribution in [0.1, 0.15) is 17.2 Å². The Hall–Kier alpha value is -0.930. The molecule has 1 aliphatic rings. The van der Waals surface area contributed by atoms with Crippen LogP contribution in [0.25, 0.3) is 0 Å². The quantitative estimate of drug-likeness (QED) is 0.710. The van der Waals surface area contributed by atoms with Crippen LogP contribution in [0, 0.1) is 5.82 Å². The molecule has 0 amide bonds. The SMILES string of the molecule is NC[C@@H]1OCCc2cc(F)ccc21. The monoisotopic (exact) mass is 181 g/mol. The van der Waals surface area contributed by atoms with E-state index in [9.17, 15) is 4.39 Å². The van der Waals surface area contributed by atoms with Crippen molar-refractivity contribution in [3.63, 3.8) is 0 Å². The molecule has 1 aromatic carbocycles. The minimum atomic E-state index is -0.184. The first-order chi connectivity index (χ1) is 6.31. The molecule has 0 aromatic heterocycles. The second-order valence-electron chi connectivity index (χ2n) is 3.19. The van der Waals surface area contributed by atoms with E-state index in [0.717, 1.165) is 17.5 Å². The molecule has 0 fully saturated rings. The highest BCUT2D eigenvalue weighted by molar-refractivity contribution is 5.31. The normalized spacial score (nSPS) is 21.2. The van der Waals surface area contributed by atoms with Crippen molar-refractivity contribution in [2.45, 2.75) is 12.5 Å². The number of hydrogen-bond donors (Lipinski definition) is 1.